The molecule has 3 aromatic rings. The lowest BCUT2D eigenvalue weighted by Crippen LogP contribution is -2.09. The van der Waals surface area contributed by atoms with Crippen LogP contribution in [0.4, 0.5) is 0 Å². The number of sulfone groups is 1. The van der Waals surface area contributed by atoms with Crippen molar-refractivity contribution in [1.29, 1.82) is 0 Å². The van der Waals surface area contributed by atoms with Crippen molar-refractivity contribution in [3.63, 3.8) is 0 Å². The Balaban J connectivity index is 1.60. The minimum Gasteiger partial charge on any atom is -0.493 e. The van der Waals surface area contributed by atoms with Crippen LogP contribution in [-0.4, -0.2) is 39.0 Å². The fourth-order valence-electron chi connectivity index (χ4n) is 4.29. The summed E-state index contributed by atoms with van der Waals surface area (Å²) in [5, 5.41) is 8.86. The summed E-state index contributed by atoms with van der Waals surface area (Å²) < 4.78 is 35.3. The first-order chi connectivity index (χ1) is 17.2. The summed E-state index contributed by atoms with van der Waals surface area (Å²) in [6.07, 6.45) is 6.11. The van der Waals surface area contributed by atoms with E-state index < -0.39 is 15.8 Å². The van der Waals surface area contributed by atoms with E-state index in [4.69, 9.17) is 14.6 Å². The Morgan fingerprint density at radius 2 is 1.67 bits per heavy atom. The number of aliphatic carboxylic acids is 1. The molecule has 0 unspecified atom stereocenters. The highest BCUT2D eigenvalue weighted by Gasteiger charge is 2.16. The van der Waals surface area contributed by atoms with Crippen LogP contribution in [0.2, 0.25) is 0 Å². The van der Waals surface area contributed by atoms with Gasteiger partial charge in [-0.3, -0.25) is 0 Å². The van der Waals surface area contributed by atoms with Crippen LogP contribution in [0.5, 0.6) is 11.5 Å². The van der Waals surface area contributed by atoms with Crippen LogP contribution >= 0.6 is 11.8 Å². The Kier molecular flexibility index (Phi) is 8.26. The SMILES string of the molecule is Cc1cc(Sc2cc(OCC3CCCC3)cc(-c3ccc(S(C)(=O)=O)cc3)c2)ccc1OCC(=O)O. The van der Waals surface area contributed by atoms with E-state index in [0.29, 0.717) is 18.3 Å². The molecule has 1 fully saturated rings. The topological polar surface area (TPSA) is 89.9 Å². The molecule has 0 atom stereocenters. The molecule has 0 aromatic heterocycles. The molecule has 36 heavy (non-hydrogen) atoms. The lowest BCUT2D eigenvalue weighted by Gasteiger charge is -2.15. The van der Waals surface area contributed by atoms with E-state index in [9.17, 15) is 13.2 Å². The van der Waals surface area contributed by atoms with Crippen LogP contribution in [0.1, 0.15) is 31.2 Å². The van der Waals surface area contributed by atoms with Crippen molar-refractivity contribution in [3.05, 3.63) is 66.2 Å². The summed E-state index contributed by atoms with van der Waals surface area (Å²) in [5.41, 5.74) is 2.70. The number of carboxylic acids is 1. The minimum absolute atomic E-state index is 0.287. The second kappa shape index (κ2) is 11.4. The summed E-state index contributed by atoms with van der Waals surface area (Å²) in [7, 11) is -3.27. The summed E-state index contributed by atoms with van der Waals surface area (Å²) in [6.45, 7) is 2.20. The van der Waals surface area contributed by atoms with Gasteiger partial charge < -0.3 is 14.6 Å². The molecular formula is C28H30O6S2. The molecule has 190 valence electrons. The minimum atomic E-state index is -3.27. The van der Waals surface area contributed by atoms with Crippen molar-refractivity contribution in [3.8, 4) is 22.6 Å². The maximum atomic E-state index is 11.9. The Morgan fingerprint density at radius 3 is 2.31 bits per heavy atom. The summed E-state index contributed by atoms with van der Waals surface area (Å²) in [4.78, 5) is 13.1. The van der Waals surface area contributed by atoms with Crippen LogP contribution in [0, 0.1) is 12.8 Å². The van der Waals surface area contributed by atoms with E-state index in [-0.39, 0.29) is 11.5 Å². The first-order valence-electron chi connectivity index (χ1n) is 11.9. The number of rotatable bonds is 10. The fraction of sp³-hybridized carbons (Fsp3) is 0.321. The molecule has 8 heteroatoms. The Hall–Kier alpha value is -2.97. The quantitative estimate of drug-likeness (QED) is 0.334. The number of carbonyl (C=O) groups is 1. The predicted molar refractivity (Wildman–Crippen MR) is 141 cm³/mol. The van der Waals surface area contributed by atoms with Crippen molar-refractivity contribution >= 4 is 27.6 Å². The van der Waals surface area contributed by atoms with Crippen LogP contribution in [0.15, 0.2) is 75.4 Å². The number of benzene rings is 3. The average molecular weight is 527 g/mol. The molecule has 1 N–H and O–H groups in total. The van der Waals surface area contributed by atoms with Crippen molar-refractivity contribution in [2.75, 3.05) is 19.5 Å². The van der Waals surface area contributed by atoms with Crippen molar-refractivity contribution in [1.82, 2.24) is 0 Å². The van der Waals surface area contributed by atoms with Gasteiger partial charge in [-0.2, -0.15) is 0 Å². The Labute approximate surface area is 216 Å². The zero-order valence-electron chi connectivity index (χ0n) is 20.4. The predicted octanol–water partition coefficient (Wildman–Crippen LogP) is 6.25. The molecule has 0 radical (unpaired) electrons. The van der Waals surface area contributed by atoms with E-state index in [1.54, 1.807) is 30.0 Å². The molecule has 3 aromatic carbocycles. The maximum Gasteiger partial charge on any atom is 0.341 e. The monoisotopic (exact) mass is 526 g/mol. The molecule has 0 spiro atoms. The summed E-state index contributed by atoms with van der Waals surface area (Å²) in [5.74, 6) is 0.897. The average Bonchev–Trinajstić information content (AvgIpc) is 3.35. The molecule has 0 amide bonds. The fourth-order valence-corrected chi connectivity index (χ4v) is 5.92. The number of hydrogen-bond acceptors (Lipinski definition) is 6. The molecular weight excluding hydrogens is 496 g/mol. The van der Waals surface area contributed by atoms with Gasteiger partial charge >= 0.3 is 5.97 Å². The van der Waals surface area contributed by atoms with Crippen molar-refractivity contribution in [2.24, 2.45) is 5.92 Å². The van der Waals surface area contributed by atoms with Gasteiger partial charge in [0.2, 0.25) is 0 Å². The van der Waals surface area contributed by atoms with Gasteiger partial charge in [-0.25, -0.2) is 13.2 Å². The highest BCUT2D eigenvalue weighted by atomic mass is 32.2. The molecule has 0 bridgehead atoms. The van der Waals surface area contributed by atoms with Gasteiger partial charge in [0.1, 0.15) is 11.5 Å². The van der Waals surface area contributed by atoms with Gasteiger partial charge in [0.15, 0.2) is 16.4 Å². The molecule has 6 nitrogen and oxygen atoms in total. The lowest BCUT2D eigenvalue weighted by atomic mass is 10.1. The molecule has 0 saturated heterocycles. The van der Waals surface area contributed by atoms with Gasteiger partial charge in [0.25, 0.3) is 0 Å². The zero-order valence-corrected chi connectivity index (χ0v) is 22.0. The van der Waals surface area contributed by atoms with E-state index in [1.807, 2.05) is 43.3 Å². The second-order valence-electron chi connectivity index (χ2n) is 9.16. The van der Waals surface area contributed by atoms with Gasteiger partial charge in [0.05, 0.1) is 11.5 Å². The van der Waals surface area contributed by atoms with Gasteiger partial charge in [-0.05, 0) is 90.9 Å². The lowest BCUT2D eigenvalue weighted by molar-refractivity contribution is -0.139. The molecule has 4 rings (SSSR count). The van der Waals surface area contributed by atoms with Gasteiger partial charge in [-0.1, -0.05) is 36.7 Å². The van der Waals surface area contributed by atoms with Crippen molar-refractivity contribution in [2.45, 2.75) is 47.3 Å². The maximum absolute atomic E-state index is 11.9. The largest absolute Gasteiger partial charge is 0.493 e. The number of aryl methyl sites for hydroxylation is 1. The molecule has 0 aliphatic heterocycles. The first kappa shape index (κ1) is 26.1. The summed E-state index contributed by atoms with van der Waals surface area (Å²) in [6, 6.07) is 18.6. The third kappa shape index (κ3) is 7.04. The van der Waals surface area contributed by atoms with E-state index >= 15 is 0 Å². The Morgan fingerprint density at radius 1 is 0.944 bits per heavy atom. The van der Waals surface area contributed by atoms with E-state index in [0.717, 1.165) is 32.2 Å². The zero-order chi connectivity index (χ0) is 25.7. The van der Waals surface area contributed by atoms with Crippen LogP contribution in [0.25, 0.3) is 11.1 Å². The van der Waals surface area contributed by atoms with Crippen LogP contribution in [0.3, 0.4) is 0 Å². The second-order valence-corrected chi connectivity index (χ2v) is 12.3. The molecule has 0 heterocycles. The molecule has 1 saturated carbocycles. The normalized spacial score (nSPS) is 14.1. The molecule has 1 aliphatic carbocycles. The summed E-state index contributed by atoms with van der Waals surface area (Å²) >= 11 is 1.58. The van der Waals surface area contributed by atoms with Crippen molar-refractivity contribution < 1.29 is 27.8 Å². The van der Waals surface area contributed by atoms with Gasteiger partial charge in [-0.15, -0.1) is 0 Å². The number of ether oxygens (including phenoxy) is 2. The number of hydrogen-bond donors (Lipinski definition) is 1. The number of carboxylic acid groups (broad SMARTS) is 1. The highest BCUT2D eigenvalue weighted by Crippen LogP contribution is 2.37. The molecule has 1 aliphatic rings. The van der Waals surface area contributed by atoms with Gasteiger partial charge in [0, 0.05) is 16.0 Å². The third-order valence-corrected chi connectivity index (χ3v) is 8.28. The highest BCUT2D eigenvalue weighted by molar-refractivity contribution is 7.99. The Bertz CT molecular complexity index is 1330. The smallest absolute Gasteiger partial charge is 0.341 e. The first-order valence-corrected chi connectivity index (χ1v) is 14.6. The van der Waals surface area contributed by atoms with E-state index in [2.05, 4.69) is 6.07 Å². The third-order valence-electron chi connectivity index (χ3n) is 6.19. The standard InChI is InChI=1S/C28H30O6S2/c1-19-13-24(9-12-27(19)34-18-28(29)30)35-25-15-22(21-7-10-26(11-8-21)36(2,31)32)14-23(16-25)33-17-20-5-3-4-6-20/h7-16,20H,3-6,17-18H2,1-2H3,(H,29,30). The van der Waals surface area contributed by atoms with E-state index in [1.165, 1.54) is 31.9 Å². The van der Waals surface area contributed by atoms with Crippen LogP contribution in [-0.2, 0) is 14.6 Å². The van der Waals surface area contributed by atoms with Crippen LogP contribution < -0.4 is 9.47 Å².